The lowest BCUT2D eigenvalue weighted by molar-refractivity contribution is 0.302. The Kier molecular flexibility index (Phi) is 5.08. The number of nitrogens with one attached hydrogen (secondary N) is 1. The van der Waals surface area contributed by atoms with Crippen LogP contribution in [0, 0.1) is 20.8 Å². The summed E-state index contributed by atoms with van der Waals surface area (Å²) < 4.78 is 3.45. The topological polar surface area (TPSA) is 90.5 Å². The molecule has 0 aliphatic heterocycles. The second-order valence-corrected chi connectivity index (χ2v) is 8.99. The van der Waals surface area contributed by atoms with E-state index in [9.17, 15) is 4.79 Å². The van der Waals surface area contributed by atoms with E-state index in [0.29, 0.717) is 17.8 Å². The lowest BCUT2D eigenvalue weighted by Crippen LogP contribution is -2.34. The molecule has 0 bridgehead atoms. The van der Waals surface area contributed by atoms with E-state index in [4.69, 9.17) is 4.98 Å². The first-order valence-corrected chi connectivity index (χ1v) is 11.2. The predicted molar refractivity (Wildman–Crippen MR) is 119 cm³/mol. The van der Waals surface area contributed by atoms with Crippen LogP contribution < -0.4 is 10.9 Å². The van der Waals surface area contributed by atoms with Gasteiger partial charge >= 0.3 is 0 Å². The number of rotatable bonds is 5. The Labute approximate surface area is 181 Å². The van der Waals surface area contributed by atoms with Crippen molar-refractivity contribution in [2.75, 3.05) is 5.32 Å². The number of nitrogens with zero attached hydrogens (tertiary/aromatic N) is 6. The van der Waals surface area contributed by atoms with E-state index >= 15 is 0 Å². The van der Waals surface area contributed by atoms with Gasteiger partial charge in [0.2, 0.25) is 0 Å². The first-order chi connectivity index (χ1) is 15.0. The Hall–Kier alpha value is -3.03. The highest BCUT2D eigenvalue weighted by Gasteiger charge is 2.28. The maximum absolute atomic E-state index is 12.5. The molecule has 0 atom stereocenters. The summed E-state index contributed by atoms with van der Waals surface area (Å²) in [6.07, 6.45) is 6.17. The van der Waals surface area contributed by atoms with Crippen LogP contribution in [0.1, 0.15) is 73.4 Å². The third-order valence-electron chi connectivity index (χ3n) is 6.25. The molecule has 0 radical (unpaired) electrons. The highest BCUT2D eigenvalue weighted by atomic mass is 16.1. The zero-order valence-electron chi connectivity index (χ0n) is 18.4. The summed E-state index contributed by atoms with van der Waals surface area (Å²) in [7, 11) is 0. The minimum Gasteiger partial charge on any atom is -0.367 e. The van der Waals surface area contributed by atoms with Gasteiger partial charge in [0.25, 0.3) is 5.56 Å². The minimum absolute atomic E-state index is 0.0535. The molecule has 0 aromatic carbocycles. The van der Waals surface area contributed by atoms with E-state index in [1.165, 1.54) is 12.8 Å². The smallest absolute Gasteiger partial charge is 0.267 e. The molecule has 2 saturated carbocycles. The average Bonchev–Trinajstić information content (AvgIpc) is 3.53. The van der Waals surface area contributed by atoms with E-state index in [-0.39, 0.29) is 11.6 Å². The fraction of sp³-hybridized carbons (Fsp3) is 0.522. The van der Waals surface area contributed by atoms with Crippen LogP contribution in [0.15, 0.2) is 29.1 Å². The van der Waals surface area contributed by atoms with Gasteiger partial charge in [0.15, 0.2) is 5.82 Å². The van der Waals surface area contributed by atoms with Crippen molar-refractivity contribution < 1.29 is 0 Å². The fourth-order valence-corrected chi connectivity index (χ4v) is 4.51. The van der Waals surface area contributed by atoms with E-state index < -0.39 is 0 Å². The average molecular weight is 420 g/mol. The highest BCUT2D eigenvalue weighted by molar-refractivity contribution is 5.38. The van der Waals surface area contributed by atoms with Crippen LogP contribution in [0.25, 0.3) is 5.82 Å². The molecule has 3 aromatic rings. The lowest BCUT2D eigenvalue weighted by atomic mass is 9.91. The summed E-state index contributed by atoms with van der Waals surface area (Å²) in [5.41, 5.74) is 2.91. The van der Waals surface area contributed by atoms with Crippen molar-refractivity contribution in [1.29, 1.82) is 0 Å². The quantitative estimate of drug-likeness (QED) is 0.679. The van der Waals surface area contributed by atoms with E-state index in [0.717, 1.165) is 54.4 Å². The Morgan fingerprint density at radius 3 is 2.35 bits per heavy atom. The summed E-state index contributed by atoms with van der Waals surface area (Å²) in [6.45, 7) is 5.99. The normalized spacial score (nSPS) is 21.3. The molecule has 8 nitrogen and oxygen atoms in total. The Balaban J connectivity index is 1.28. The molecule has 31 heavy (non-hydrogen) atoms. The van der Waals surface area contributed by atoms with Gasteiger partial charge in [-0.05, 0) is 71.4 Å². The monoisotopic (exact) mass is 419 g/mol. The van der Waals surface area contributed by atoms with E-state index in [1.807, 2.05) is 32.9 Å². The van der Waals surface area contributed by atoms with Gasteiger partial charge in [-0.1, -0.05) is 0 Å². The second kappa shape index (κ2) is 7.90. The van der Waals surface area contributed by atoms with Crippen LogP contribution in [0.3, 0.4) is 0 Å². The number of aryl methyl sites for hydroxylation is 3. The first-order valence-electron chi connectivity index (χ1n) is 11.2. The first kappa shape index (κ1) is 19.9. The van der Waals surface area contributed by atoms with Gasteiger partial charge in [-0.25, -0.2) is 19.3 Å². The number of hydrogen-bond acceptors (Lipinski definition) is 6. The summed E-state index contributed by atoms with van der Waals surface area (Å²) >= 11 is 0. The predicted octanol–water partition coefficient (Wildman–Crippen LogP) is 3.62. The Bertz CT molecular complexity index is 1150. The number of anilines is 1. The maximum Gasteiger partial charge on any atom is 0.267 e. The summed E-state index contributed by atoms with van der Waals surface area (Å²) in [5.74, 6) is 3.14. The van der Waals surface area contributed by atoms with Crippen LogP contribution in [-0.2, 0) is 0 Å². The van der Waals surface area contributed by atoms with E-state index in [2.05, 4.69) is 20.5 Å². The van der Waals surface area contributed by atoms with Gasteiger partial charge in [-0.2, -0.15) is 5.10 Å². The SMILES string of the molecule is Cc1cc(NC2CCC(n3nc(-n4nc(C)cc4C)ccc3=O)CC2)nc(C2CC2)n1. The minimum atomic E-state index is -0.0535. The molecule has 5 rings (SSSR count). The third kappa shape index (κ3) is 4.24. The molecular formula is C23H29N7O. The zero-order valence-corrected chi connectivity index (χ0v) is 18.4. The van der Waals surface area contributed by atoms with Crippen LogP contribution in [0.5, 0.6) is 0 Å². The van der Waals surface area contributed by atoms with Crippen molar-refractivity contribution in [3.63, 3.8) is 0 Å². The van der Waals surface area contributed by atoms with Crippen molar-refractivity contribution in [3.05, 3.63) is 57.5 Å². The molecular weight excluding hydrogens is 390 g/mol. The molecule has 0 spiro atoms. The molecule has 3 aromatic heterocycles. The largest absolute Gasteiger partial charge is 0.367 e. The van der Waals surface area contributed by atoms with Gasteiger partial charge in [0, 0.05) is 35.5 Å². The van der Waals surface area contributed by atoms with Crippen molar-refractivity contribution in [2.45, 2.75) is 77.3 Å². The van der Waals surface area contributed by atoms with Crippen molar-refractivity contribution in [2.24, 2.45) is 0 Å². The molecule has 0 unspecified atom stereocenters. The van der Waals surface area contributed by atoms with Crippen LogP contribution in [0.2, 0.25) is 0 Å². The third-order valence-corrected chi connectivity index (χ3v) is 6.25. The second-order valence-electron chi connectivity index (χ2n) is 8.99. The molecule has 0 saturated heterocycles. The lowest BCUT2D eigenvalue weighted by Gasteiger charge is -2.30. The molecule has 1 N–H and O–H groups in total. The number of hydrogen-bond donors (Lipinski definition) is 1. The summed E-state index contributed by atoms with van der Waals surface area (Å²) in [6, 6.07) is 7.86. The molecule has 162 valence electrons. The van der Waals surface area contributed by atoms with Gasteiger partial charge in [-0.15, -0.1) is 5.10 Å². The van der Waals surface area contributed by atoms with Crippen molar-refractivity contribution in [1.82, 2.24) is 29.5 Å². The van der Waals surface area contributed by atoms with Gasteiger partial charge < -0.3 is 5.32 Å². The van der Waals surface area contributed by atoms with Gasteiger partial charge in [0.1, 0.15) is 11.6 Å². The fourth-order valence-electron chi connectivity index (χ4n) is 4.51. The van der Waals surface area contributed by atoms with Crippen LogP contribution >= 0.6 is 0 Å². The maximum atomic E-state index is 12.5. The zero-order chi connectivity index (χ0) is 21.5. The molecule has 0 amide bonds. The molecule has 3 heterocycles. The standard InChI is InChI=1S/C23H29N7O/c1-14-13-20(26-23(24-14)17-4-5-17)25-18-6-8-19(9-7-18)30-22(31)11-10-21(28-30)29-16(3)12-15(2)27-29/h10-13,17-19H,4-9H2,1-3H3,(H,24,25,26). The summed E-state index contributed by atoms with van der Waals surface area (Å²) in [5, 5.41) is 12.8. The Morgan fingerprint density at radius 2 is 1.68 bits per heavy atom. The number of aromatic nitrogens is 6. The molecule has 2 aliphatic carbocycles. The Morgan fingerprint density at radius 1 is 0.903 bits per heavy atom. The molecule has 2 fully saturated rings. The van der Waals surface area contributed by atoms with Crippen molar-refractivity contribution in [3.8, 4) is 5.82 Å². The van der Waals surface area contributed by atoms with Crippen molar-refractivity contribution >= 4 is 5.82 Å². The molecule has 8 heteroatoms. The molecule has 2 aliphatic rings. The van der Waals surface area contributed by atoms with E-state index in [1.54, 1.807) is 21.5 Å². The highest BCUT2D eigenvalue weighted by Crippen LogP contribution is 2.38. The summed E-state index contributed by atoms with van der Waals surface area (Å²) in [4.78, 5) is 21.9. The van der Waals surface area contributed by atoms with Crippen LogP contribution in [-0.4, -0.2) is 35.6 Å². The van der Waals surface area contributed by atoms with Gasteiger partial charge in [0.05, 0.1) is 11.7 Å². The van der Waals surface area contributed by atoms with Crippen LogP contribution in [0.4, 0.5) is 5.82 Å². The van der Waals surface area contributed by atoms with Gasteiger partial charge in [-0.3, -0.25) is 4.79 Å².